The number of benzene rings is 1. The number of nitrogens with zero attached hydrogens (tertiary/aromatic N) is 1. The molecule has 0 aliphatic heterocycles. The summed E-state index contributed by atoms with van der Waals surface area (Å²) >= 11 is 5.38. The molecule has 2 rings (SSSR count). The standard InChI is InChI=1S/C14H20N2S/c1-3-4-5-6-9-16-13-8-7-11(2)10-12(13)15-14(16)17/h7-8,10H,3-6,9H2,1-2H3,(H,15,17). The molecule has 0 fully saturated rings. The predicted octanol–water partition coefficient (Wildman–Crippen LogP) is 4.59. The molecule has 0 unspecified atom stereocenters. The monoisotopic (exact) mass is 248 g/mol. The van der Waals surface area contributed by atoms with Crippen LogP contribution < -0.4 is 0 Å². The number of H-pyrrole nitrogens is 1. The van der Waals surface area contributed by atoms with Gasteiger partial charge in [0.25, 0.3) is 0 Å². The van der Waals surface area contributed by atoms with Gasteiger partial charge in [-0.2, -0.15) is 0 Å². The molecule has 3 heteroatoms. The van der Waals surface area contributed by atoms with Crippen molar-refractivity contribution in [2.75, 3.05) is 0 Å². The topological polar surface area (TPSA) is 20.7 Å². The van der Waals surface area contributed by atoms with E-state index in [4.69, 9.17) is 12.2 Å². The molecule has 1 aromatic carbocycles. The zero-order valence-electron chi connectivity index (χ0n) is 10.6. The van der Waals surface area contributed by atoms with Crippen LogP contribution in [-0.2, 0) is 6.54 Å². The SMILES string of the molecule is CCCCCCn1c(=S)[nH]c2cc(C)ccc21. The van der Waals surface area contributed by atoms with E-state index < -0.39 is 0 Å². The zero-order valence-corrected chi connectivity index (χ0v) is 11.4. The second kappa shape index (κ2) is 5.50. The largest absolute Gasteiger partial charge is 0.331 e. The van der Waals surface area contributed by atoms with E-state index in [2.05, 4.69) is 41.6 Å². The van der Waals surface area contributed by atoms with Crippen LogP contribution >= 0.6 is 12.2 Å². The minimum Gasteiger partial charge on any atom is -0.331 e. The molecule has 0 radical (unpaired) electrons. The van der Waals surface area contributed by atoms with E-state index in [9.17, 15) is 0 Å². The number of hydrogen-bond acceptors (Lipinski definition) is 1. The lowest BCUT2D eigenvalue weighted by atomic mass is 10.2. The van der Waals surface area contributed by atoms with Gasteiger partial charge in [-0.05, 0) is 43.3 Å². The van der Waals surface area contributed by atoms with Gasteiger partial charge >= 0.3 is 0 Å². The summed E-state index contributed by atoms with van der Waals surface area (Å²) in [6.07, 6.45) is 5.09. The van der Waals surface area contributed by atoms with Gasteiger partial charge < -0.3 is 9.55 Å². The van der Waals surface area contributed by atoms with Gasteiger partial charge in [0.05, 0.1) is 11.0 Å². The van der Waals surface area contributed by atoms with Crippen LogP contribution in [0.25, 0.3) is 11.0 Å². The maximum absolute atomic E-state index is 5.38. The van der Waals surface area contributed by atoms with Crippen molar-refractivity contribution in [3.63, 3.8) is 0 Å². The fraction of sp³-hybridized carbons (Fsp3) is 0.500. The number of aromatic nitrogens is 2. The van der Waals surface area contributed by atoms with Gasteiger partial charge in [-0.1, -0.05) is 32.3 Å². The Labute approximate surface area is 108 Å². The summed E-state index contributed by atoms with van der Waals surface area (Å²) in [6, 6.07) is 6.47. The molecule has 92 valence electrons. The number of imidazole rings is 1. The number of unbranched alkanes of at least 4 members (excludes halogenated alkanes) is 3. The van der Waals surface area contributed by atoms with Crippen LogP contribution in [0.15, 0.2) is 18.2 Å². The minimum absolute atomic E-state index is 0.849. The third-order valence-electron chi connectivity index (χ3n) is 3.16. The van der Waals surface area contributed by atoms with Gasteiger partial charge in [-0.25, -0.2) is 0 Å². The molecule has 0 saturated heterocycles. The molecule has 0 aliphatic carbocycles. The number of rotatable bonds is 5. The lowest BCUT2D eigenvalue weighted by Crippen LogP contribution is -1.97. The Morgan fingerprint density at radius 3 is 2.82 bits per heavy atom. The maximum atomic E-state index is 5.38. The lowest BCUT2D eigenvalue weighted by molar-refractivity contribution is 0.587. The van der Waals surface area contributed by atoms with Gasteiger partial charge in [0.1, 0.15) is 0 Å². The molecule has 0 aliphatic rings. The van der Waals surface area contributed by atoms with Gasteiger partial charge in [-0.15, -0.1) is 0 Å². The van der Waals surface area contributed by atoms with E-state index >= 15 is 0 Å². The molecule has 1 heterocycles. The van der Waals surface area contributed by atoms with E-state index in [-0.39, 0.29) is 0 Å². The summed E-state index contributed by atoms with van der Waals surface area (Å²) in [5, 5.41) is 0. The van der Waals surface area contributed by atoms with Gasteiger partial charge in [0.2, 0.25) is 0 Å². The van der Waals surface area contributed by atoms with Crippen molar-refractivity contribution < 1.29 is 0 Å². The molecule has 1 N–H and O–H groups in total. The number of aryl methyl sites for hydroxylation is 2. The summed E-state index contributed by atoms with van der Waals surface area (Å²) in [7, 11) is 0. The first kappa shape index (κ1) is 12.4. The van der Waals surface area contributed by atoms with Crippen LogP contribution in [0.3, 0.4) is 0 Å². The normalized spacial score (nSPS) is 11.2. The number of hydrogen-bond donors (Lipinski definition) is 1. The second-order valence-electron chi connectivity index (χ2n) is 4.66. The molecular formula is C14H20N2S. The van der Waals surface area contributed by atoms with Crippen molar-refractivity contribution in [3.8, 4) is 0 Å². The van der Waals surface area contributed by atoms with Crippen molar-refractivity contribution in [1.82, 2.24) is 9.55 Å². The quantitative estimate of drug-likeness (QED) is 0.606. The Bertz CT molecular complexity index is 551. The molecule has 0 saturated carbocycles. The number of nitrogens with one attached hydrogen (secondary N) is 1. The van der Waals surface area contributed by atoms with E-state index in [0.717, 1.165) is 16.8 Å². The van der Waals surface area contributed by atoms with Crippen LogP contribution in [0, 0.1) is 11.7 Å². The molecular weight excluding hydrogens is 228 g/mol. The predicted molar refractivity (Wildman–Crippen MR) is 76.0 cm³/mol. The van der Waals surface area contributed by atoms with Crippen LogP contribution in [0.5, 0.6) is 0 Å². The summed E-state index contributed by atoms with van der Waals surface area (Å²) in [5.41, 5.74) is 3.66. The highest BCUT2D eigenvalue weighted by molar-refractivity contribution is 7.71. The fourth-order valence-electron chi connectivity index (χ4n) is 2.20. The highest BCUT2D eigenvalue weighted by atomic mass is 32.1. The van der Waals surface area contributed by atoms with Crippen LogP contribution in [0.2, 0.25) is 0 Å². The van der Waals surface area contributed by atoms with Crippen LogP contribution in [-0.4, -0.2) is 9.55 Å². The fourth-order valence-corrected chi connectivity index (χ4v) is 2.50. The Morgan fingerprint density at radius 1 is 1.24 bits per heavy atom. The number of fused-ring (bicyclic) bond motifs is 1. The maximum Gasteiger partial charge on any atom is 0.178 e. The van der Waals surface area contributed by atoms with E-state index in [1.807, 2.05) is 0 Å². The molecule has 17 heavy (non-hydrogen) atoms. The smallest absolute Gasteiger partial charge is 0.178 e. The van der Waals surface area contributed by atoms with Gasteiger partial charge in [-0.3, -0.25) is 0 Å². The summed E-state index contributed by atoms with van der Waals surface area (Å²) in [5.74, 6) is 0. The first-order chi connectivity index (χ1) is 8.22. The minimum atomic E-state index is 0.849. The third kappa shape index (κ3) is 2.78. The van der Waals surface area contributed by atoms with Crippen LogP contribution in [0.1, 0.15) is 38.2 Å². The van der Waals surface area contributed by atoms with E-state index in [1.54, 1.807) is 0 Å². The first-order valence-electron chi connectivity index (χ1n) is 6.41. The van der Waals surface area contributed by atoms with Crippen molar-refractivity contribution >= 4 is 23.3 Å². The van der Waals surface area contributed by atoms with Crippen molar-refractivity contribution in [3.05, 3.63) is 28.5 Å². The summed E-state index contributed by atoms with van der Waals surface area (Å²) in [4.78, 5) is 3.29. The molecule has 2 nitrogen and oxygen atoms in total. The average molecular weight is 248 g/mol. The molecule has 0 bridgehead atoms. The molecule has 0 amide bonds. The van der Waals surface area contributed by atoms with Crippen molar-refractivity contribution in [2.45, 2.75) is 46.1 Å². The molecule has 0 spiro atoms. The van der Waals surface area contributed by atoms with E-state index in [0.29, 0.717) is 0 Å². The lowest BCUT2D eigenvalue weighted by Gasteiger charge is -2.04. The highest BCUT2D eigenvalue weighted by Gasteiger charge is 2.03. The first-order valence-corrected chi connectivity index (χ1v) is 6.82. The Kier molecular flexibility index (Phi) is 4.00. The summed E-state index contributed by atoms with van der Waals surface area (Å²) in [6.45, 7) is 5.37. The highest BCUT2D eigenvalue weighted by Crippen LogP contribution is 2.16. The average Bonchev–Trinajstić information content (AvgIpc) is 2.60. The number of aromatic amines is 1. The van der Waals surface area contributed by atoms with Crippen molar-refractivity contribution in [2.24, 2.45) is 0 Å². The molecule has 1 aromatic heterocycles. The Hall–Kier alpha value is -1.09. The molecule has 0 atom stereocenters. The zero-order chi connectivity index (χ0) is 12.3. The third-order valence-corrected chi connectivity index (χ3v) is 3.49. The van der Waals surface area contributed by atoms with E-state index in [1.165, 1.54) is 36.8 Å². The van der Waals surface area contributed by atoms with Gasteiger partial charge in [0.15, 0.2) is 4.77 Å². The molecule has 2 aromatic rings. The Balaban J connectivity index is 2.21. The van der Waals surface area contributed by atoms with Crippen molar-refractivity contribution in [1.29, 1.82) is 0 Å². The van der Waals surface area contributed by atoms with Crippen LogP contribution in [0.4, 0.5) is 0 Å². The second-order valence-corrected chi connectivity index (χ2v) is 5.05. The Morgan fingerprint density at radius 2 is 2.06 bits per heavy atom. The summed E-state index contributed by atoms with van der Waals surface area (Å²) < 4.78 is 3.07. The van der Waals surface area contributed by atoms with Gasteiger partial charge in [0, 0.05) is 6.54 Å².